The van der Waals surface area contributed by atoms with Gasteiger partial charge in [-0.25, -0.2) is 4.98 Å². The standard InChI is InChI=1S/C19H16Cl2N2O3/c20-18-7-12(8-19(21)23-18)15(24)10-14-13-9-17-16(25-4-1-5-26-17)6-11(13)2-3-22-14/h6-9H,1-5,10H2. The van der Waals surface area contributed by atoms with Crippen molar-refractivity contribution in [3.8, 4) is 11.5 Å². The van der Waals surface area contributed by atoms with Crippen LogP contribution in [0.2, 0.25) is 10.3 Å². The van der Waals surface area contributed by atoms with Crippen molar-refractivity contribution < 1.29 is 14.3 Å². The van der Waals surface area contributed by atoms with Crippen LogP contribution in [-0.4, -0.2) is 36.2 Å². The van der Waals surface area contributed by atoms with E-state index in [9.17, 15) is 4.79 Å². The van der Waals surface area contributed by atoms with Crippen LogP contribution in [0, 0.1) is 0 Å². The molecule has 0 amide bonds. The van der Waals surface area contributed by atoms with Gasteiger partial charge in [-0.2, -0.15) is 0 Å². The van der Waals surface area contributed by atoms with Gasteiger partial charge in [0.2, 0.25) is 0 Å². The Morgan fingerprint density at radius 1 is 1.04 bits per heavy atom. The number of hydrogen-bond donors (Lipinski definition) is 0. The Balaban J connectivity index is 1.63. The van der Waals surface area contributed by atoms with Crippen molar-refractivity contribution in [2.45, 2.75) is 19.3 Å². The third-order valence-electron chi connectivity index (χ3n) is 4.38. The van der Waals surface area contributed by atoms with E-state index in [0.29, 0.717) is 31.1 Å². The number of fused-ring (bicyclic) bond motifs is 2. The molecule has 2 aromatic rings. The van der Waals surface area contributed by atoms with Crippen molar-refractivity contribution in [2.75, 3.05) is 19.8 Å². The van der Waals surface area contributed by atoms with Crippen LogP contribution >= 0.6 is 23.2 Å². The molecule has 2 aliphatic rings. The number of ether oxygens (including phenoxy) is 2. The molecule has 0 saturated carbocycles. The summed E-state index contributed by atoms with van der Waals surface area (Å²) in [4.78, 5) is 21.1. The molecule has 0 N–H and O–H groups in total. The first kappa shape index (κ1) is 17.3. The molecule has 0 aliphatic carbocycles. The van der Waals surface area contributed by atoms with Gasteiger partial charge in [0.25, 0.3) is 0 Å². The Bertz CT molecular complexity index is 892. The molecule has 7 heteroatoms. The minimum atomic E-state index is -0.102. The Kier molecular flexibility index (Phi) is 4.83. The number of hydrogen-bond acceptors (Lipinski definition) is 5. The molecule has 0 radical (unpaired) electrons. The second-order valence-electron chi connectivity index (χ2n) is 6.19. The quantitative estimate of drug-likeness (QED) is 0.582. The molecule has 0 bridgehead atoms. The van der Waals surface area contributed by atoms with E-state index in [1.807, 2.05) is 12.1 Å². The van der Waals surface area contributed by atoms with E-state index in [1.165, 1.54) is 12.1 Å². The molecule has 26 heavy (non-hydrogen) atoms. The molecular formula is C19H16Cl2N2O3. The van der Waals surface area contributed by atoms with Gasteiger partial charge in [0, 0.05) is 24.1 Å². The van der Waals surface area contributed by atoms with Crippen LogP contribution in [0.3, 0.4) is 0 Å². The lowest BCUT2D eigenvalue weighted by Gasteiger charge is -2.19. The Labute approximate surface area is 161 Å². The topological polar surface area (TPSA) is 60.8 Å². The number of halogens is 2. The van der Waals surface area contributed by atoms with Crippen LogP contribution in [-0.2, 0) is 6.42 Å². The summed E-state index contributed by atoms with van der Waals surface area (Å²) >= 11 is 11.8. The Morgan fingerprint density at radius 2 is 1.73 bits per heavy atom. The SMILES string of the molecule is O=C(CC1=NCCc2cc3c(cc21)OCCCO3)c1cc(Cl)nc(Cl)c1. The van der Waals surface area contributed by atoms with Gasteiger partial charge in [-0.05, 0) is 36.2 Å². The summed E-state index contributed by atoms with van der Waals surface area (Å²) in [5, 5.41) is 0.394. The lowest BCUT2D eigenvalue weighted by Crippen LogP contribution is -2.17. The van der Waals surface area contributed by atoms with Crippen molar-refractivity contribution in [1.29, 1.82) is 0 Å². The zero-order valence-corrected chi connectivity index (χ0v) is 15.4. The maximum atomic E-state index is 12.7. The molecule has 0 fully saturated rings. The number of benzene rings is 1. The summed E-state index contributed by atoms with van der Waals surface area (Å²) in [6.07, 6.45) is 1.84. The predicted octanol–water partition coefficient (Wildman–Crippen LogP) is 4.17. The van der Waals surface area contributed by atoms with E-state index in [-0.39, 0.29) is 22.5 Å². The highest BCUT2D eigenvalue weighted by molar-refractivity contribution is 6.33. The van der Waals surface area contributed by atoms with Crippen LogP contribution in [0.1, 0.15) is 34.3 Å². The van der Waals surface area contributed by atoms with Crippen LogP contribution in [0.25, 0.3) is 0 Å². The van der Waals surface area contributed by atoms with E-state index in [1.54, 1.807) is 0 Å². The molecule has 3 heterocycles. The number of nitrogens with zero attached hydrogens (tertiary/aromatic N) is 2. The van der Waals surface area contributed by atoms with Crippen molar-refractivity contribution in [3.63, 3.8) is 0 Å². The number of ketones is 1. The molecule has 5 nitrogen and oxygen atoms in total. The van der Waals surface area contributed by atoms with Crippen molar-refractivity contribution in [2.24, 2.45) is 4.99 Å². The normalized spacial score (nSPS) is 15.7. The third-order valence-corrected chi connectivity index (χ3v) is 4.77. The van der Waals surface area contributed by atoms with Gasteiger partial charge in [0.1, 0.15) is 10.3 Å². The van der Waals surface area contributed by atoms with E-state index in [4.69, 9.17) is 32.7 Å². The number of rotatable bonds is 3. The third kappa shape index (κ3) is 3.55. The summed E-state index contributed by atoms with van der Waals surface area (Å²) in [5.41, 5.74) is 3.24. The van der Waals surface area contributed by atoms with E-state index in [2.05, 4.69) is 9.98 Å². The molecule has 1 aromatic carbocycles. The average Bonchev–Trinajstić information content (AvgIpc) is 2.84. The van der Waals surface area contributed by atoms with Crippen LogP contribution in [0.4, 0.5) is 0 Å². The van der Waals surface area contributed by atoms with Crippen molar-refractivity contribution in [1.82, 2.24) is 4.98 Å². The van der Waals surface area contributed by atoms with E-state index in [0.717, 1.165) is 35.4 Å². The highest BCUT2D eigenvalue weighted by Gasteiger charge is 2.22. The first-order valence-corrected chi connectivity index (χ1v) is 9.18. The number of aliphatic imine (C=N–C) groups is 1. The second kappa shape index (κ2) is 7.25. The fraction of sp³-hybridized carbons (Fsp3) is 0.316. The predicted molar refractivity (Wildman–Crippen MR) is 100 cm³/mol. The average molecular weight is 391 g/mol. The summed E-state index contributed by atoms with van der Waals surface area (Å²) in [6.45, 7) is 1.91. The zero-order valence-electron chi connectivity index (χ0n) is 13.9. The molecule has 1 aromatic heterocycles. The number of carbonyl (C=O) groups is 1. The van der Waals surface area contributed by atoms with E-state index < -0.39 is 0 Å². The molecule has 2 aliphatic heterocycles. The molecule has 0 unspecified atom stereocenters. The van der Waals surface area contributed by atoms with Gasteiger partial charge in [-0.15, -0.1) is 0 Å². The van der Waals surface area contributed by atoms with Gasteiger partial charge < -0.3 is 9.47 Å². The lowest BCUT2D eigenvalue weighted by atomic mass is 9.93. The minimum absolute atomic E-state index is 0.102. The molecule has 0 saturated heterocycles. The summed E-state index contributed by atoms with van der Waals surface area (Å²) in [7, 11) is 0. The maximum absolute atomic E-state index is 12.7. The number of Topliss-reactive ketones (excluding diaryl/α,β-unsaturated/α-hetero) is 1. The zero-order chi connectivity index (χ0) is 18.1. The second-order valence-corrected chi connectivity index (χ2v) is 6.96. The van der Waals surface area contributed by atoms with Gasteiger partial charge in [-0.3, -0.25) is 9.79 Å². The molecule has 0 spiro atoms. The number of pyridine rings is 1. The Hall–Kier alpha value is -2.11. The number of aromatic nitrogens is 1. The van der Waals surface area contributed by atoms with Crippen molar-refractivity contribution >= 4 is 34.7 Å². The molecule has 4 rings (SSSR count). The summed E-state index contributed by atoms with van der Waals surface area (Å²) in [6, 6.07) is 6.99. The maximum Gasteiger partial charge on any atom is 0.169 e. The first-order chi connectivity index (χ1) is 12.6. The minimum Gasteiger partial charge on any atom is -0.490 e. The molecule has 134 valence electrons. The monoisotopic (exact) mass is 390 g/mol. The van der Waals surface area contributed by atoms with Crippen molar-refractivity contribution in [3.05, 3.63) is 51.3 Å². The fourth-order valence-electron chi connectivity index (χ4n) is 3.15. The van der Waals surface area contributed by atoms with Crippen LogP contribution in [0.15, 0.2) is 29.3 Å². The molecular weight excluding hydrogens is 375 g/mol. The lowest BCUT2D eigenvalue weighted by molar-refractivity contribution is 0.100. The van der Waals surface area contributed by atoms with Gasteiger partial charge in [-0.1, -0.05) is 23.2 Å². The van der Waals surface area contributed by atoms with Crippen LogP contribution < -0.4 is 9.47 Å². The van der Waals surface area contributed by atoms with Gasteiger partial charge in [0.05, 0.1) is 25.3 Å². The highest BCUT2D eigenvalue weighted by atomic mass is 35.5. The smallest absolute Gasteiger partial charge is 0.169 e. The highest BCUT2D eigenvalue weighted by Crippen LogP contribution is 2.35. The van der Waals surface area contributed by atoms with Gasteiger partial charge in [0.15, 0.2) is 17.3 Å². The van der Waals surface area contributed by atoms with E-state index >= 15 is 0 Å². The largest absolute Gasteiger partial charge is 0.490 e. The first-order valence-electron chi connectivity index (χ1n) is 8.42. The van der Waals surface area contributed by atoms with Crippen LogP contribution in [0.5, 0.6) is 11.5 Å². The summed E-state index contributed by atoms with van der Waals surface area (Å²) in [5.74, 6) is 1.37. The van der Waals surface area contributed by atoms with Gasteiger partial charge >= 0.3 is 0 Å². The molecule has 0 atom stereocenters. The number of carbonyl (C=O) groups excluding carboxylic acids is 1. The summed E-state index contributed by atoms with van der Waals surface area (Å²) < 4.78 is 11.5. The fourth-order valence-corrected chi connectivity index (χ4v) is 3.61. The Morgan fingerprint density at radius 3 is 2.46 bits per heavy atom.